The second-order valence-corrected chi connectivity index (χ2v) is 5.17. The van der Waals surface area contributed by atoms with E-state index in [0.717, 1.165) is 19.3 Å². The number of amides is 2. The average molecular weight is 280 g/mol. The van der Waals surface area contributed by atoms with Crippen molar-refractivity contribution in [1.82, 2.24) is 4.90 Å². The van der Waals surface area contributed by atoms with Crippen molar-refractivity contribution in [2.75, 3.05) is 11.9 Å². The number of rotatable bonds is 3. The zero-order valence-corrected chi connectivity index (χ0v) is 11.7. The predicted molar refractivity (Wildman–Crippen MR) is 76.1 cm³/mol. The Balaban J connectivity index is 2.06. The Morgan fingerprint density at radius 3 is 3.05 bits per heavy atom. The van der Waals surface area contributed by atoms with E-state index in [-0.39, 0.29) is 17.9 Å². The number of hydrogen-bond donors (Lipinski definition) is 2. The SMILES string of the molecule is CCC(O)C1CCCCN1C(=O)Nc1cccc(F)c1. The zero-order valence-electron chi connectivity index (χ0n) is 11.7. The third kappa shape index (κ3) is 3.48. The molecule has 0 aromatic heterocycles. The van der Waals surface area contributed by atoms with Gasteiger partial charge in [-0.2, -0.15) is 0 Å². The Morgan fingerprint density at radius 1 is 1.55 bits per heavy atom. The summed E-state index contributed by atoms with van der Waals surface area (Å²) < 4.78 is 13.1. The first-order chi connectivity index (χ1) is 9.61. The molecule has 0 saturated carbocycles. The molecule has 2 unspecified atom stereocenters. The highest BCUT2D eigenvalue weighted by Gasteiger charge is 2.31. The van der Waals surface area contributed by atoms with Crippen LogP contribution < -0.4 is 5.32 Å². The minimum Gasteiger partial charge on any atom is -0.391 e. The Morgan fingerprint density at radius 2 is 2.35 bits per heavy atom. The maximum Gasteiger partial charge on any atom is 0.322 e. The lowest BCUT2D eigenvalue weighted by molar-refractivity contribution is 0.0471. The molecular weight excluding hydrogens is 259 g/mol. The molecule has 1 aromatic rings. The number of likely N-dealkylation sites (tertiary alicyclic amines) is 1. The molecule has 1 fully saturated rings. The Kier molecular flexibility index (Phi) is 4.95. The summed E-state index contributed by atoms with van der Waals surface area (Å²) in [5.74, 6) is -0.383. The van der Waals surface area contributed by atoms with Crippen LogP contribution >= 0.6 is 0 Å². The molecule has 2 N–H and O–H groups in total. The van der Waals surface area contributed by atoms with Crippen LogP contribution in [0, 0.1) is 5.82 Å². The molecule has 5 heteroatoms. The van der Waals surface area contributed by atoms with Gasteiger partial charge in [0.15, 0.2) is 0 Å². The molecule has 0 radical (unpaired) electrons. The van der Waals surface area contributed by atoms with Crippen LogP contribution in [0.2, 0.25) is 0 Å². The van der Waals surface area contributed by atoms with E-state index in [1.807, 2.05) is 6.92 Å². The highest BCUT2D eigenvalue weighted by Crippen LogP contribution is 2.22. The Hall–Kier alpha value is -1.62. The summed E-state index contributed by atoms with van der Waals surface area (Å²) in [7, 11) is 0. The molecule has 1 heterocycles. The number of benzene rings is 1. The van der Waals surface area contributed by atoms with Crippen molar-refractivity contribution in [2.24, 2.45) is 0 Å². The van der Waals surface area contributed by atoms with Crippen molar-refractivity contribution in [1.29, 1.82) is 0 Å². The van der Waals surface area contributed by atoms with Crippen LogP contribution in [0.15, 0.2) is 24.3 Å². The molecular formula is C15H21FN2O2. The monoisotopic (exact) mass is 280 g/mol. The molecule has 2 atom stereocenters. The zero-order chi connectivity index (χ0) is 14.5. The molecule has 2 rings (SSSR count). The molecule has 0 bridgehead atoms. The van der Waals surface area contributed by atoms with E-state index in [4.69, 9.17) is 0 Å². The number of carbonyl (C=O) groups excluding carboxylic acids is 1. The summed E-state index contributed by atoms with van der Waals surface area (Å²) in [5.41, 5.74) is 0.435. The third-order valence-electron chi connectivity index (χ3n) is 3.75. The van der Waals surface area contributed by atoms with E-state index >= 15 is 0 Å². The van der Waals surface area contributed by atoms with Crippen LogP contribution in [0.3, 0.4) is 0 Å². The van der Waals surface area contributed by atoms with Crippen molar-refractivity contribution in [3.63, 3.8) is 0 Å². The smallest absolute Gasteiger partial charge is 0.322 e. The summed E-state index contributed by atoms with van der Waals surface area (Å²) in [6.45, 7) is 2.53. The van der Waals surface area contributed by atoms with Crippen molar-refractivity contribution >= 4 is 11.7 Å². The first kappa shape index (κ1) is 14.8. The van der Waals surface area contributed by atoms with Gasteiger partial charge in [0.2, 0.25) is 0 Å². The van der Waals surface area contributed by atoms with Gasteiger partial charge in [-0.3, -0.25) is 0 Å². The van der Waals surface area contributed by atoms with Gasteiger partial charge in [-0.25, -0.2) is 9.18 Å². The van der Waals surface area contributed by atoms with Crippen molar-refractivity contribution < 1.29 is 14.3 Å². The minimum atomic E-state index is -0.506. The molecule has 0 aliphatic carbocycles. The standard InChI is InChI=1S/C15H21FN2O2/c1-2-14(19)13-8-3-4-9-18(13)15(20)17-12-7-5-6-11(16)10-12/h5-7,10,13-14,19H,2-4,8-9H2,1H3,(H,17,20). The third-order valence-corrected chi connectivity index (χ3v) is 3.75. The summed E-state index contributed by atoms with van der Waals surface area (Å²) >= 11 is 0. The van der Waals surface area contributed by atoms with Crippen LogP contribution in [-0.4, -0.2) is 34.7 Å². The lowest BCUT2D eigenvalue weighted by Crippen LogP contribution is -2.51. The number of aliphatic hydroxyl groups is 1. The van der Waals surface area contributed by atoms with Crippen LogP contribution in [0.1, 0.15) is 32.6 Å². The van der Waals surface area contributed by atoms with Crippen LogP contribution in [-0.2, 0) is 0 Å². The molecule has 1 aromatic carbocycles. The van der Waals surface area contributed by atoms with Gasteiger partial charge in [0.05, 0.1) is 12.1 Å². The predicted octanol–water partition coefficient (Wildman–Crippen LogP) is 2.98. The van der Waals surface area contributed by atoms with E-state index in [2.05, 4.69) is 5.32 Å². The number of hydrogen-bond acceptors (Lipinski definition) is 2. The van der Waals surface area contributed by atoms with E-state index in [1.54, 1.807) is 17.0 Å². The fourth-order valence-electron chi connectivity index (χ4n) is 2.64. The summed E-state index contributed by atoms with van der Waals surface area (Å²) in [6.07, 6.45) is 2.88. The summed E-state index contributed by atoms with van der Waals surface area (Å²) in [4.78, 5) is 14.0. The van der Waals surface area contributed by atoms with E-state index < -0.39 is 6.10 Å². The minimum absolute atomic E-state index is 0.151. The highest BCUT2D eigenvalue weighted by atomic mass is 19.1. The van der Waals surface area contributed by atoms with Gasteiger partial charge >= 0.3 is 6.03 Å². The second-order valence-electron chi connectivity index (χ2n) is 5.17. The fourth-order valence-corrected chi connectivity index (χ4v) is 2.64. The van der Waals surface area contributed by atoms with Crippen LogP contribution in [0.4, 0.5) is 14.9 Å². The molecule has 20 heavy (non-hydrogen) atoms. The number of nitrogens with one attached hydrogen (secondary N) is 1. The van der Waals surface area contributed by atoms with Crippen molar-refractivity contribution in [3.05, 3.63) is 30.1 Å². The van der Waals surface area contributed by atoms with Crippen LogP contribution in [0.5, 0.6) is 0 Å². The lowest BCUT2D eigenvalue weighted by atomic mass is 9.96. The van der Waals surface area contributed by atoms with Gasteiger partial charge in [0, 0.05) is 12.2 Å². The number of anilines is 1. The molecule has 4 nitrogen and oxygen atoms in total. The average Bonchev–Trinajstić information content (AvgIpc) is 2.46. The summed E-state index contributed by atoms with van der Waals surface area (Å²) in [6, 6.07) is 5.40. The van der Waals surface area contributed by atoms with Gasteiger partial charge in [0.25, 0.3) is 0 Å². The molecule has 1 aliphatic rings. The quantitative estimate of drug-likeness (QED) is 0.894. The maximum atomic E-state index is 13.1. The normalized spacial score (nSPS) is 20.6. The molecule has 110 valence electrons. The summed E-state index contributed by atoms with van der Waals surface area (Å²) in [5, 5.41) is 12.7. The molecule has 1 aliphatic heterocycles. The Bertz CT molecular complexity index is 467. The number of carbonyl (C=O) groups is 1. The van der Waals surface area contributed by atoms with E-state index in [1.165, 1.54) is 12.1 Å². The van der Waals surface area contributed by atoms with Gasteiger partial charge in [-0.1, -0.05) is 13.0 Å². The maximum absolute atomic E-state index is 13.1. The number of nitrogens with zero attached hydrogens (tertiary/aromatic N) is 1. The molecule has 2 amide bonds. The van der Waals surface area contributed by atoms with Gasteiger partial charge in [0.1, 0.15) is 5.82 Å². The first-order valence-corrected chi connectivity index (χ1v) is 7.13. The van der Waals surface area contributed by atoms with E-state index in [0.29, 0.717) is 18.7 Å². The molecule has 0 spiro atoms. The number of urea groups is 1. The van der Waals surface area contributed by atoms with E-state index in [9.17, 15) is 14.3 Å². The molecule has 1 saturated heterocycles. The van der Waals surface area contributed by atoms with Crippen LogP contribution in [0.25, 0.3) is 0 Å². The number of aliphatic hydroxyl groups excluding tert-OH is 1. The van der Waals surface area contributed by atoms with Crippen molar-refractivity contribution in [2.45, 2.75) is 44.8 Å². The van der Waals surface area contributed by atoms with Gasteiger partial charge in [-0.15, -0.1) is 0 Å². The number of halogens is 1. The first-order valence-electron chi connectivity index (χ1n) is 7.13. The number of piperidine rings is 1. The lowest BCUT2D eigenvalue weighted by Gasteiger charge is -2.38. The Labute approximate surface area is 118 Å². The largest absolute Gasteiger partial charge is 0.391 e. The fraction of sp³-hybridized carbons (Fsp3) is 0.533. The van der Waals surface area contributed by atoms with Crippen molar-refractivity contribution in [3.8, 4) is 0 Å². The van der Waals surface area contributed by atoms with Gasteiger partial charge < -0.3 is 15.3 Å². The second kappa shape index (κ2) is 6.70. The van der Waals surface area contributed by atoms with Gasteiger partial charge in [-0.05, 0) is 43.9 Å². The topological polar surface area (TPSA) is 52.6 Å². The highest BCUT2D eigenvalue weighted by molar-refractivity contribution is 5.89.